The van der Waals surface area contributed by atoms with Crippen molar-refractivity contribution in [1.29, 1.82) is 0 Å². The Morgan fingerprint density at radius 1 is 0.913 bits per heavy atom. The summed E-state index contributed by atoms with van der Waals surface area (Å²) in [7, 11) is 0.519. The van der Waals surface area contributed by atoms with Gasteiger partial charge in [-0.3, -0.25) is 0 Å². The average molecular weight is 336 g/mol. The highest BCUT2D eigenvalue weighted by Crippen LogP contribution is 2.36. The molecule has 6 heteroatoms. The Bertz CT molecular complexity index is 474. The van der Waals surface area contributed by atoms with Gasteiger partial charge < -0.3 is 18.5 Å². The molecule has 0 amide bonds. The van der Waals surface area contributed by atoms with Crippen molar-refractivity contribution in [3.05, 3.63) is 24.3 Å². The average Bonchev–Trinajstić information content (AvgIpc) is 2.72. The summed E-state index contributed by atoms with van der Waals surface area (Å²) in [5, 5.41) is 0. The zero-order chi connectivity index (χ0) is 16.9. The lowest BCUT2D eigenvalue weighted by atomic mass is 9.79. The van der Waals surface area contributed by atoms with Crippen LogP contribution in [0, 0.1) is 0 Å². The number of hydrogen-bond donors (Lipinski definition) is 0. The molecule has 0 spiro atoms. The van der Waals surface area contributed by atoms with Crippen molar-refractivity contribution in [1.82, 2.24) is 0 Å². The predicted octanol–water partition coefficient (Wildman–Crippen LogP) is 1.83. The van der Waals surface area contributed by atoms with Crippen LogP contribution in [0.25, 0.3) is 0 Å². The molecule has 1 aromatic rings. The van der Waals surface area contributed by atoms with E-state index in [4.69, 9.17) is 18.5 Å². The third-order valence-electron chi connectivity index (χ3n) is 4.67. The van der Waals surface area contributed by atoms with Gasteiger partial charge in [-0.2, -0.15) is 0 Å². The molecule has 2 rings (SSSR count). The summed E-state index contributed by atoms with van der Waals surface area (Å²) < 4.78 is 23.1. The first-order chi connectivity index (χ1) is 10.9. The minimum atomic E-state index is -0.313. The monoisotopic (exact) mass is 336 g/mol. The molecule has 0 bridgehead atoms. The van der Waals surface area contributed by atoms with Crippen LogP contribution in [0.4, 0.5) is 0 Å². The summed E-state index contributed by atoms with van der Waals surface area (Å²) in [5.41, 5.74) is 0.412. The zero-order valence-corrected chi connectivity index (χ0v) is 17.1. The maximum absolute atomic E-state index is 6.05. The summed E-state index contributed by atoms with van der Waals surface area (Å²) in [6.07, 6.45) is 3.33. The zero-order valence-electron chi connectivity index (χ0n) is 15.1. The Morgan fingerprint density at radius 3 is 2.04 bits per heavy atom. The maximum atomic E-state index is 6.05. The van der Waals surface area contributed by atoms with Gasteiger partial charge in [0.15, 0.2) is 0 Å². The number of benzene rings is 1. The summed E-state index contributed by atoms with van der Waals surface area (Å²) in [6, 6.07) is 8.02. The molecule has 4 nitrogen and oxygen atoms in total. The van der Waals surface area contributed by atoms with Crippen molar-refractivity contribution >= 4 is 23.1 Å². The van der Waals surface area contributed by atoms with Gasteiger partial charge in [0.2, 0.25) is 0 Å². The van der Waals surface area contributed by atoms with Gasteiger partial charge in [-0.1, -0.05) is 12.1 Å². The molecule has 0 atom stereocenters. The lowest BCUT2D eigenvalue weighted by Gasteiger charge is -2.32. The highest BCUT2D eigenvalue weighted by Gasteiger charge is 2.51. The highest BCUT2D eigenvalue weighted by molar-refractivity contribution is 6.62. The van der Waals surface area contributed by atoms with Gasteiger partial charge in [0.05, 0.1) is 17.8 Å². The fourth-order valence-electron chi connectivity index (χ4n) is 2.42. The highest BCUT2D eigenvalue weighted by atomic mass is 28.2. The molecule has 1 saturated heterocycles. The Balaban J connectivity index is 1.81. The van der Waals surface area contributed by atoms with E-state index in [0.29, 0.717) is 0 Å². The van der Waals surface area contributed by atoms with Crippen molar-refractivity contribution in [2.75, 3.05) is 13.2 Å². The van der Waals surface area contributed by atoms with Gasteiger partial charge in [0.25, 0.3) is 0 Å². The molecule has 1 aliphatic rings. The molecule has 23 heavy (non-hydrogen) atoms. The normalized spacial score (nSPS) is 19.2. The van der Waals surface area contributed by atoms with E-state index in [0.717, 1.165) is 54.2 Å². The summed E-state index contributed by atoms with van der Waals surface area (Å²) >= 11 is 0. The third kappa shape index (κ3) is 4.83. The van der Waals surface area contributed by atoms with E-state index in [2.05, 4.69) is 27.7 Å². The molecular formula is C17H29BO4Si. The third-order valence-corrected chi connectivity index (χ3v) is 5.08. The minimum Gasteiger partial charge on any atom is -0.494 e. The molecule has 0 radical (unpaired) electrons. The number of hydrogen-bond acceptors (Lipinski definition) is 4. The molecule has 128 valence electrons. The standard InChI is InChI=1S/C17H29BO4Si/c1-16(2)17(3,4)22-18(21-16)14-8-10-15(11-9-14)19-12-6-5-7-13-20-23/h8-11H,5-7,12-13H2,1-4,23H3. The van der Waals surface area contributed by atoms with Gasteiger partial charge in [-0.25, -0.2) is 0 Å². The number of rotatable bonds is 8. The van der Waals surface area contributed by atoms with Crippen molar-refractivity contribution in [3.8, 4) is 5.75 Å². The Labute approximate surface area is 143 Å². The minimum absolute atomic E-state index is 0.308. The van der Waals surface area contributed by atoms with Crippen LogP contribution in [0.2, 0.25) is 0 Å². The van der Waals surface area contributed by atoms with E-state index < -0.39 is 0 Å². The second-order valence-electron chi connectivity index (χ2n) is 7.06. The summed E-state index contributed by atoms with van der Waals surface area (Å²) in [4.78, 5) is 0. The first-order valence-electron chi connectivity index (χ1n) is 8.43. The lowest BCUT2D eigenvalue weighted by Crippen LogP contribution is -2.41. The van der Waals surface area contributed by atoms with Crippen LogP contribution in [0.5, 0.6) is 5.75 Å². The maximum Gasteiger partial charge on any atom is 0.494 e. The van der Waals surface area contributed by atoms with Crippen molar-refractivity contribution in [2.24, 2.45) is 0 Å². The van der Waals surface area contributed by atoms with Crippen LogP contribution in [0.1, 0.15) is 47.0 Å². The fraction of sp³-hybridized carbons (Fsp3) is 0.647. The van der Waals surface area contributed by atoms with Crippen LogP contribution >= 0.6 is 0 Å². The van der Waals surface area contributed by atoms with E-state index in [1.165, 1.54) is 0 Å². The second-order valence-corrected chi connectivity index (χ2v) is 7.64. The topological polar surface area (TPSA) is 36.9 Å². The molecule has 0 unspecified atom stereocenters. The Morgan fingerprint density at radius 2 is 1.48 bits per heavy atom. The van der Waals surface area contributed by atoms with E-state index in [1.54, 1.807) is 0 Å². The molecule has 1 heterocycles. The van der Waals surface area contributed by atoms with Crippen molar-refractivity contribution in [2.45, 2.75) is 58.2 Å². The van der Waals surface area contributed by atoms with Crippen LogP contribution in [0.3, 0.4) is 0 Å². The quantitative estimate of drug-likeness (QED) is 0.536. The van der Waals surface area contributed by atoms with Gasteiger partial charge >= 0.3 is 7.12 Å². The fourth-order valence-corrected chi connectivity index (χ4v) is 2.70. The van der Waals surface area contributed by atoms with Gasteiger partial charge in [0, 0.05) is 6.61 Å². The van der Waals surface area contributed by atoms with Crippen molar-refractivity contribution < 1.29 is 18.5 Å². The molecule has 1 fully saturated rings. The smallest absolute Gasteiger partial charge is 0.494 e. The molecule has 0 aromatic heterocycles. The van der Waals surface area contributed by atoms with E-state index in [-0.39, 0.29) is 18.3 Å². The van der Waals surface area contributed by atoms with Gasteiger partial charge in [-0.05, 0) is 64.6 Å². The van der Waals surface area contributed by atoms with Crippen LogP contribution in [-0.4, -0.2) is 42.0 Å². The molecule has 0 aliphatic carbocycles. The van der Waals surface area contributed by atoms with Gasteiger partial charge in [-0.15, -0.1) is 0 Å². The largest absolute Gasteiger partial charge is 0.494 e. The van der Waals surface area contributed by atoms with Gasteiger partial charge in [0.1, 0.15) is 16.2 Å². The SMILES string of the molecule is CC1(C)OB(c2ccc(OCCCCCO[SiH3])cc2)OC1(C)C. The lowest BCUT2D eigenvalue weighted by molar-refractivity contribution is 0.00578. The Hall–Kier alpha value is -0.818. The number of unbranched alkanes of at least 4 members (excludes halogenated alkanes) is 2. The molecule has 0 N–H and O–H groups in total. The van der Waals surface area contributed by atoms with E-state index >= 15 is 0 Å². The van der Waals surface area contributed by atoms with Crippen LogP contribution in [0.15, 0.2) is 24.3 Å². The number of ether oxygens (including phenoxy) is 1. The van der Waals surface area contributed by atoms with Crippen LogP contribution in [-0.2, 0) is 13.7 Å². The molecular weight excluding hydrogens is 307 g/mol. The first kappa shape index (κ1) is 18.5. The molecule has 1 aromatic carbocycles. The molecule has 0 saturated carbocycles. The summed E-state index contributed by atoms with van der Waals surface area (Å²) in [5.74, 6) is 0.893. The Kier molecular flexibility index (Phi) is 6.31. The predicted molar refractivity (Wildman–Crippen MR) is 97.4 cm³/mol. The van der Waals surface area contributed by atoms with E-state index in [9.17, 15) is 0 Å². The van der Waals surface area contributed by atoms with Crippen molar-refractivity contribution in [3.63, 3.8) is 0 Å². The molecule has 1 aliphatic heterocycles. The first-order valence-corrected chi connectivity index (χ1v) is 9.25. The van der Waals surface area contributed by atoms with E-state index in [1.807, 2.05) is 24.3 Å². The summed E-state index contributed by atoms with van der Waals surface area (Å²) in [6.45, 7) is 9.89. The second kappa shape index (κ2) is 7.84. The van der Waals surface area contributed by atoms with Crippen LogP contribution < -0.4 is 10.2 Å².